The van der Waals surface area contributed by atoms with Crippen molar-refractivity contribution in [3.05, 3.63) is 21.9 Å². The molecule has 1 atom stereocenters. The van der Waals surface area contributed by atoms with Gasteiger partial charge >= 0.3 is 0 Å². The van der Waals surface area contributed by atoms with E-state index in [0.29, 0.717) is 19.1 Å². The van der Waals surface area contributed by atoms with E-state index < -0.39 is 0 Å². The van der Waals surface area contributed by atoms with Gasteiger partial charge in [0.25, 0.3) is 0 Å². The van der Waals surface area contributed by atoms with Crippen molar-refractivity contribution in [1.29, 1.82) is 5.26 Å². The standard InChI is InChI=1S/C16H21N3O2S/c1-21-9-8-19-7-5-16(15(19)20)4-6-18(12-16)11-14-3-2-13(10-17)22-14/h2-3H,4-9,11-12H2,1H3. The van der Waals surface area contributed by atoms with Crippen LogP contribution < -0.4 is 0 Å². The second kappa shape index (κ2) is 6.37. The fourth-order valence-corrected chi connectivity index (χ4v) is 4.37. The third-order valence-electron chi connectivity index (χ3n) is 4.75. The summed E-state index contributed by atoms with van der Waals surface area (Å²) in [6.45, 7) is 4.82. The zero-order valence-corrected chi connectivity index (χ0v) is 13.7. The van der Waals surface area contributed by atoms with E-state index in [9.17, 15) is 4.79 Å². The minimum atomic E-state index is -0.178. The third-order valence-corrected chi connectivity index (χ3v) is 5.73. The number of amides is 1. The molecule has 0 aromatic carbocycles. The van der Waals surface area contributed by atoms with E-state index in [1.165, 1.54) is 4.88 Å². The minimum absolute atomic E-state index is 0.178. The average molecular weight is 319 g/mol. The number of carbonyl (C=O) groups is 1. The second-order valence-electron chi connectivity index (χ2n) is 6.15. The van der Waals surface area contributed by atoms with Gasteiger partial charge < -0.3 is 9.64 Å². The Morgan fingerprint density at radius 2 is 2.23 bits per heavy atom. The molecule has 1 aromatic heterocycles. The largest absolute Gasteiger partial charge is 0.383 e. The van der Waals surface area contributed by atoms with Crippen molar-refractivity contribution in [3.63, 3.8) is 0 Å². The number of carbonyl (C=O) groups excluding carboxylic acids is 1. The predicted molar refractivity (Wildman–Crippen MR) is 84.4 cm³/mol. The first-order valence-corrected chi connectivity index (χ1v) is 8.48. The normalized spacial score (nSPS) is 25.3. The summed E-state index contributed by atoms with van der Waals surface area (Å²) in [6, 6.07) is 6.08. The molecule has 0 bridgehead atoms. The summed E-state index contributed by atoms with van der Waals surface area (Å²) in [6.07, 6.45) is 1.91. The molecule has 22 heavy (non-hydrogen) atoms. The monoisotopic (exact) mass is 319 g/mol. The summed E-state index contributed by atoms with van der Waals surface area (Å²) >= 11 is 1.55. The first kappa shape index (κ1) is 15.5. The number of nitriles is 1. The third kappa shape index (κ3) is 2.89. The average Bonchev–Trinajstić information content (AvgIpc) is 3.21. The van der Waals surface area contributed by atoms with Crippen molar-refractivity contribution >= 4 is 17.2 Å². The number of hydrogen-bond acceptors (Lipinski definition) is 5. The molecule has 2 saturated heterocycles. The highest BCUT2D eigenvalue weighted by Crippen LogP contribution is 2.41. The van der Waals surface area contributed by atoms with Gasteiger partial charge in [-0.15, -0.1) is 11.3 Å². The molecule has 3 heterocycles. The lowest BCUT2D eigenvalue weighted by molar-refractivity contribution is -0.136. The lowest BCUT2D eigenvalue weighted by Crippen LogP contribution is -2.38. The molecule has 1 unspecified atom stereocenters. The van der Waals surface area contributed by atoms with Crippen LogP contribution in [0.2, 0.25) is 0 Å². The van der Waals surface area contributed by atoms with Gasteiger partial charge in [0.15, 0.2) is 0 Å². The molecule has 2 aliphatic heterocycles. The fraction of sp³-hybridized carbons (Fsp3) is 0.625. The van der Waals surface area contributed by atoms with Crippen LogP contribution in [0.1, 0.15) is 22.6 Å². The van der Waals surface area contributed by atoms with Crippen molar-refractivity contribution in [2.75, 3.05) is 39.9 Å². The van der Waals surface area contributed by atoms with E-state index in [4.69, 9.17) is 10.00 Å². The Morgan fingerprint density at radius 3 is 2.95 bits per heavy atom. The number of hydrogen-bond donors (Lipinski definition) is 0. The van der Waals surface area contributed by atoms with Gasteiger partial charge in [-0.05, 0) is 31.5 Å². The molecule has 6 heteroatoms. The summed E-state index contributed by atoms with van der Waals surface area (Å²) < 4.78 is 5.09. The molecule has 1 amide bonds. The SMILES string of the molecule is COCCN1CCC2(CCN(Cc3ccc(C#N)s3)C2)C1=O. The van der Waals surface area contributed by atoms with Crippen LogP contribution in [0.25, 0.3) is 0 Å². The fourth-order valence-electron chi connectivity index (χ4n) is 3.52. The zero-order chi connectivity index (χ0) is 15.6. The van der Waals surface area contributed by atoms with Gasteiger partial charge in [0.1, 0.15) is 10.9 Å². The summed E-state index contributed by atoms with van der Waals surface area (Å²) in [5.74, 6) is 0.302. The first-order valence-electron chi connectivity index (χ1n) is 7.66. The maximum atomic E-state index is 12.7. The molecule has 5 nitrogen and oxygen atoms in total. The van der Waals surface area contributed by atoms with Crippen LogP contribution in [0.15, 0.2) is 12.1 Å². The summed E-state index contributed by atoms with van der Waals surface area (Å²) in [5.41, 5.74) is -0.178. The minimum Gasteiger partial charge on any atom is -0.383 e. The Morgan fingerprint density at radius 1 is 1.41 bits per heavy atom. The van der Waals surface area contributed by atoms with Gasteiger partial charge in [-0.1, -0.05) is 0 Å². The number of thiophene rings is 1. The van der Waals surface area contributed by atoms with Crippen molar-refractivity contribution < 1.29 is 9.53 Å². The van der Waals surface area contributed by atoms with Crippen molar-refractivity contribution in [2.45, 2.75) is 19.4 Å². The number of ether oxygens (including phenoxy) is 1. The van der Waals surface area contributed by atoms with Crippen LogP contribution in [0.4, 0.5) is 0 Å². The van der Waals surface area contributed by atoms with E-state index in [0.717, 1.165) is 43.9 Å². The summed E-state index contributed by atoms with van der Waals surface area (Å²) in [7, 11) is 1.67. The van der Waals surface area contributed by atoms with E-state index in [1.54, 1.807) is 18.4 Å². The van der Waals surface area contributed by atoms with E-state index >= 15 is 0 Å². The van der Waals surface area contributed by atoms with Crippen LogP contribution in [-0.4, -0.2) is 55.6 Å². The molecular formula is C16H21N3O2S. The lowest BCUT2D eigenvalue weighted by atomic mass is 9.85. The lowest BCUT2D eigenvalue weighted by Gasteiger charge is -2.23. The predicted octanol–water partition coefficient (Wildman–Crippen LogP) is 1.69. The smallest absolute Gasteiger partial charge is 0.230 e. The van der Waals surface area contributed by atoms with Crippen LogP contribution in [0, 0.1) is 16.7 Å². The van der Waals surface area contributed by atoms with Crippen LogP contribution >= 0.6 is 11.3 Å². The number of nitrogens with zero attached hydrogens (tertiary/aromatic N) is 3. The molecule has 1 spiro atoms. The van der Waals surface area contributed by atoms with Gasteiger partial charge in [-0.2, -0.15) is 5.26 Å². The number of likely N-dealkylation sites (tertiary alicyclic amines) is 2. The zero-order valence-electron chi connectivity index (χ0n) is 12.9. The molecule has 0 N–H and O–H groups in total. The molecule has 0 aliphatic carbocycles. The Labute approximate surface area is 135 Å². The topological polar surface area (TPSA) is 56.6 Å². The van der Waals surface area contributed by atoms with E-state index in [2.05, 4.69) is 11.0 Å². The van der Waals surface area contributed by atoms with E-state index in [1.807, 2.05) is 17.0 Å². The van der Waals surface area contributed by atoms with Crippen LogP contribution in [-0.2, 0) is 16.1 Å². The molecule has 3 rings (SSSR count). The van der Waals surface area contributed by atoms with E-state index in [-0.39, 0.29) is 5.41 Å². The maximum absolute atomic E-state index is 12.7. The molecule has 118 valence electrons. The molecule has 2 fully saturated rings. The molecule has 0 saturated carbocycles. The Kier molecular flexibility index (Phi) is 4.48. The molecule has 2 aliphatic rings. The number of methoxy groups -OCH3 is 1. The van der Waals surface area contributed by atoms with Crippen LogP contribution in [0.3, 0.4) is 0 Å². The molecule has 1 aromatic rings. The highest BCUT2D eigenvalue weighted by molar-refractivity contribution is 7.12. The highest BCUT2D eigenvalue weighted by Gasteiger charge is 2.50. The summed E-state index contributed by atoms with van der Waals surface area (Å²) in [5, 5.41) is 8.90. The molecular weight excluding hydrogens is 298 g/mol. The number of rotatable bonds is 5. The van der Waals surface area contributed by atoms with Gasteiger partial charge in [0, 0.05) is 38.2 Å². The second-order valence-corrected chi connectivity index (χ2v) is 7.32. The van der Waals surface area contributed by atoms with Crippen molar-refractivity contribution in [2.24, 2.45) is 5.41 Å². The Bertz CT molecular complexity index is 594. The quantitative estimate of drug-likeness (QED) is 0.829. The maximum Gasteiger partial charge on any atom is 0.230 e. The van der Waals surface area contributed by atoms with Crippen molar-refractivity contribution in [1.82, 2.24) is 9.80 Å². The Hall–Kier alpha value is -1.42. The van der Waals surface area contributed by atoms with Crippen LogP contribution in [0.5, 0.6) is 0 Å². The van der Waals surface area contributed by atoms with Gasteiger partial charge in [0.2, 0.25) is 5.91 Å². The summed E-state index contributed by atoms with van der Waals surface area (Å²) in [4.78, 5) is 18.9. The highest BCUT2D eigenvalue weighted by atomic mass is 32.1. The Balaban J connectivity index is 1.60. The van der Waals surface area contributed by atoms with Crippen molar-refractivity contribution in [3.8, 4) is 6.07 Å². The molecule has 0 radical (unpaired) electrons. The van der Waals surface area contributed by atoms with Gasteiger partial charge in [-0.25, -0.2) is 0 Å². The van der Waals surface area contributed by atoms with Gasteiger partial charge in [-0.3, -0.25) is 9.69 Å². The van der Waals surface area contributed by atoms with Gasteiger partial charge in [0.05, 0.1) is 12.0 Å². The first-order chi connectivity index (χ1) is 10.7.